The summed E-state index contributed by atoms with van der Waals surface area (Å²) in [5.41, 5.74) is 0. The van der Waals surface area contributed by atoms with E-state index < -0.39 is 6.10 Å². The second-order valence-corrected chi connectivity index (χ2v) is 4.66. The molecule has 0 aromatic carbocycles. The summed E-state index contributed by atoms with van der Waals surface area (Å²) < 4.78 is 6.31. The summed E-state index contributed by atoms with van der Waals surface area (Å²) in [5.74, 6) is 0.482. The number of halogens is 1. The predicted octanol–water partition coefficient (Wildman–Crippen LogP) is 2.53. The maximum absolute atomic E-state index is 11.6. The number of carbonyl (C=O) groups is 1. The quantitative estimate of drug-likeness (QED) is 0.821. The van der Waals surface area contributed by atoms with E-state index in [0.717, 1.165) is 17.3 Å². The first-order valence-corrected chi connectivity index (χ1v) is 6.47. The van der Waals surface area contributed by atoms with E-state index in [9.17, 15) is 4.79 Å². The molecular weight excluding hydrogens is 284 g/mol. The Morgan fingerprint density at radius 1 is 1.59 bits per heavy atom. The Balaban J connectivity index is 2.43. The van der Waals surface area contributed by atoms with Gasteiger partial charge in [0.25, 0.3) is 5.91 Å². The van der Waals surface area contributed by atoms with Crippen LogP contribution < -0.4 is 10.1 Å². The molecule has 1 aromatic rings. The fourth-order valence-electron chi connectivity index (χ4n) is 1.25. The van der Waals surface area contributed by atoms with E-state index in [4.69, 9.17) is 4.74 Å². The van der Waals surface area contributed by atoms with Crippen LogP contribution >= 0.6 is 15.9 Å². The highest BCUT2D eigenvalue weighted by atomic mass is 79.9. The highest BCUT2D eigenvalue weighted by molar-refractivity contribution is 9.10. The number of nitrogens with one attached hydrogen (secondary N) is 1. The summed E-state index contributed by atoms with van der Waals surface area (Å²) in [4.78, 5) is 15.6. The molecule has 0 spiro atoms. The number of unbranched alkanes of at least 4 members (excludes halogenated alkanes) is 1. The smallest absolute Gasteiger partial charge is 0.260 e. The molecule has 1 unspecified atom stereocenters. The van der Waals surface area contributed by atoms with Crippen LogP contribution in [0.15, 0.2) is 22.9 Å². The molecule has 1 heterocycles. The molecule has 0 saturated carbocycles. The van der Waals surface area contributed by atoms with Gasteiger partial charge < -0.3 is 10.1 Å². The number of rotatable bonds is 6. The van der Waals surface area contributed by atoms with Crippen molar-refractivity contribution in [1.82, 2.24) is 10.3 Å². The Labute approximate surface area is 110 Å². The fraction of sp³-hybridized carbons (Fsp3) is 0.500. The summed E-state index contributed by atoms with van der Waals surface area (Å²) in [6.07, 6.45) is 4.78. The van der Waals surface area contributed by atoms with Crippen LogP contribution in [0.4, 0.5) is 0 Å². The van der Waals surface area contributed by atoms with Gasteiger partial charge >= 0.3 is 0 Å². The molecule has 0 aliphatic rings. The second-order valence-electron chi connectivity index (χ2n) is 3.74. The average Bonchev–Trinajstić information content (AvgIpc) is 2.29. The van der Waals surface area contributed by atoms with Crippen LogP contribution in [0, 0.1) is 0 Å². The van der Waals surface area contributed by atoms with E-state index in [-0.39, 0.29) is 5.91 Å². The molecule has 1 aromatic heterocycles. The van der Waals surface area contributed by atoms with Gasteiger partial charge in [0, 0.05) is 17.2 Å². The lowest BCUT2D eigenvalue weighted by Gasteiger charge is -2.14. The zero-order valence-corrected chi connectivity index (χ0v) is 11.7. The minimum Gasteiger partial charge on any atom is -0.479 e. The van der Waals surface area contributed by atoms with Gasteiger partial charge in [-0.1, -0.05) is 13.3 Å². The summed E-state index contributed by atoms with van der Waals surface area (Å²) in [5, 5.41) is 2.82. The molecular formula is C12H17BrN2O2. The lowest BCUT2D eigenvalue weighted by atomic mass is 10.3. The predicted molar refractivity (Wildman–Crippen MR) is 69.9 cm³/mol. The Bertz CT molecular complexity index is 371. The summed E-state index contributed by atoms with van der Waals surface area (Å²) in [6, 6.07) is 1.78. The molecule has 17 heavy (non-hydrogen) atoms. The van der Waals surface area contributed by atoms with E-state index in [0.29, 0.717) is 12.3 Å². The molecule has 0 fully saturated rings. The lowest BCUT2D eigenvalue weighted by molar-refractivity contribution is -0.127. The third-order valence-corrected chi connectivity index (χ3v) is 2.63. The topological polar surface area (TPSA) is 51.2 Å². The first kappa shape index (κ1) is 14.0. The number of hydrogen-bond acceptors (Lipinski definition) is 3. The molecule has 1 rings (SSSR count). The van der Waals surface area contributed by atoms with Crippen molar-refractivity contribution in [2.75, 3.05) is 6.54 Å². The molecule has 0 radical (unpaired) electrons. The molecule has 0 aliphatic heterocycles. The van der Waals surface area contributed by atoms with Crippen molar-refractivity contribution < 1.29 is 9.53 Å². The van der Waals surface area contributed by atoms with E-state index >= 15 is 0 Å². The van der Waals surface area contributed by atoms with Crippen LogP contribution in [0.5, 0.6) is 5.75 Å². The molecule has 94 valence electrons. The van der Waals surface area contributed by atoms with E-state index in [2.05, 4.69) is 33.2 Å². The highest BCUT2D eigenvalue weighted by Crippen LogP contribution is 2.16. The largest absolute Gasteiger partial charge is 0.479 e. The molecule has 4 nitrogen and oxygen atoms in total. The van der Waals surface area contributed by atoms with Crippen LogP contribution in [-0.4, -0.2) is 23.5 Å². The summed E-state index contributed by atoms with van der Waals surface area (Å²) >= 11 is 3.30. The number of hydrogen-bond donors (Lipinski definition) is 1. The second kappa shape index (κ2) is 7.27. The fourth-order valence-corrected chi connectivity index (χ4v) is 1.59. The van der Waals surface area contributed by atoms with Gasteiger partial charge in [-0.15, -0.1) is 0 Å². The van der Waals surface area contributed by atoms with Gasteiger partial charge in [0.1, 0.15) is 5.75 Å². The van der Waals surface area contributed by atoms with Crippen molar-refractivity contribution in [3.63, 3.8) is 0 Å². The molecule has 0 bridgehead atoms. The number of pyridine rings is 1. The van der Waals surface area contributed by atoms with Crippen molar-refractivity contribution in [1.29, 1.82) is 0 Å². The van der Waals surface area contributed by atoms with Crippen molar-refractivity contribution in [3.8, 4) is 5.75 Å². The first-order chi connectivity index (χ1) is 8.13. The molecule has 1 amide bonds. The zero-order chi connectivity index (χ0) is 12.7. The monoisotopic (exact) mass is 300 g/mol. The van der Waals surface area contributed by atoms with Crippen LogP contribution in [0.2, 0.25) is 0 Å². The Morgan fingerprint density at radius 2 is 2.35 bits per heavy atom. The maximum Gasteiger partial charge on any atom is 0.260 e. The Morgan fingerprint density at radius 3 is 3.00 bits per heavy atom. The number of amides is 1. The van der Waals surface area contributed by atoms with E-state index in [1.54, 1.807) is 25.4 Å². The molecule has 0 saturated heterocycles. The molecule has 0 aliphatic carbocycles. The van der Waals surface area contributed by atoms with Crippen LogP contribution in [-0.2, 0) is 4.79 Å². The van der Waals surface area contributed by atoms with Gasteiger partial charge in [0.05, 0.1) is 6.20 Å². The first-order valence-electron chi connectivity index (χ1n) is 5.68. The van der Waals surface area contributed by atoms with Crippen LogP contribution in [0.3, 0.4) is 0 Å². The van der Waals surface area contributed by atoms with Gasteiger partial charge in [-0.3, -0.25) is 9.78 Å². The van der Waals surface area contributed by atoms with E-state index in [1.807, 2.05) is 0 Å². The normalized spacial score (nSPS) is 11.9. The molecule has 1 atom stereocenters. The SMILES string of the molecule is CCCCNC(=O)C(C)Oc1cncc(Br)c1. The van der Waals surface area contributed by atoms with Crippen molar-refractivity contribution in [2.45, 2.75) is 32.8 Å². The summed E-state index contributed by atoms with van der Waals surface area (Å²) in [7, 11) is 0. The third kappa shape index (κ3) is 5.17. The van der Waals surface area contributed by atoms with Crippen molar-refractivity contribution in [2.24, 2.45) is 0 Å². The number of nitrogens with zero attached hydrogens (tertiary/aromatic N) is 1. The standard InChI is InChI=1S/C12H17BrN2O2/c1-3-4-5-15-12(16)9(2)17-11-6-10(13)7-14-8-11/h6-9H,3-5H2,1-2H3,(H,15,16). The van der Waals surface area contributed by atoms with Crippen LogP contribution in [0.25, 0.3) is 0 Å². The Kier molecular flexibility index (Phi) is 5.97. The number of ether oxygens (including phenoxy) is 1. The summed E-state index contributed by atoms with van der Waals surface area (Å²) in [6.45, 7) is 4.50. The minimum atomic E-state index is -0.511. The van der Waals surface area contributed by atoms with Crippen molar-refractivity contribution in [3.05, 3.63) is 22.9 Å². The van der Waals surface area contributed by atoms with Gasteiger partial charge in [0.15, 0.2) is 6.10 Å². The molecule has 1 N–H and O–H groups in total. The number of aromatic nitrogens is 1. The Hall–Kier alpha value is -1.10. The van der Waals surface area contributed by atoms with Gasteiger partial charge in [-0.2, -0.15) is 0 Å². The minimum absolute atomic E-state index is 0.0987. The average molecular weight is 301 g/mol. The zero-order valence-electron chi connectivity index (χ0n) is 10.1. The molecule has 5 heteroatoms. The lowest BCUT2D eigenvalue weighted by Crippen LogP contribution is -2.36. The van der Waals surface area contributed by atoms with E-state index in [1.165, 1.54) is 0 Å². The number of carbonyl (C=O) groups excluding carboxylic acids is 1. The van der Waals surface area contributed by atoms with Gasteiger partial charge in [-0.25, -0.2) is 0 Å². The van der Waals surface area contributed by atoms with Gasteiger partial charge in [0.2, 0.25) is 0 Å². The maximum atomic E-state index is 11.6. The highest BCUT2D eigenvalue weighted by Gasteiger charge is 2.13. The van der Waals surface area contributed by atoms with Crippen LogP contribution in [0.1, 0.15) is 26.7 Å². The van der Waals surface area contributed by atoms with Crippen molar-refractivity contribution >= 4 is 21.8 Å². The van der Waals surface area contributed by atoms with Gasteiger partial charge in [-0.05, 0) is 35.3 Å². The third-order valence-electron chi connectivity index (χ3n) is 2.19.